The molecule has 0 radical (unpaired) electrons. The minimum atomic E-state index is -0.192. The van der Waals surface area contributed by atoms with E-state index < -0.39 is 0 Å². The molecule has 7 heteroatoms. The number of nitrogens with one attached hydrogen (secondary N) is 2. The molecule has 1 aromatic heterocycles. The van der Waals surface area contributed by atoms with E-state index in [0.29, 0.717) is 6.54 Å². The highest BCUT2D eigenvalue weighted by Gasteiger charge is 2.38. The minimum absolute atomic E-state index is 0. The third-order valence-electron chi connectivity index (χ3n) is 5.20. The summed E-state index contributed by atoms with van der Waals surface area (Å²) in [6, 6.07) is 6.88. The van der Waals surface area contributed by atoms with E-state index in [-0.39, 0.29) is 35.2 Å². The fourth-order valence-corrected chi connectivity index (χ4v) is 3.37. The zero-order valence-corrected chi connectivity index (χ0v) is 17.8. The molecule has 5 nitrogen and oxygen atoms in total. The molecule has 0 bridgehead atoms. The molecule has 0 amide bonds. The average Bonchev–Trinajstić information content (AvgIpc) is 2.89. The second kappa shape index (κ2) is 8.83. The summed E-state index contributed by atoms with van der Waals surface area (Å²) in [7, 11) is 1.76. The number of aromatic nitrogens is 1. The van der Waals surface area contributed by atoms with E-state index in [0.717, 1.165) is 42.4 Å². The molecule has 0 saturated heterocycles. The number of guanidine groups is 1. The fourth-order valence-electron chi connectivity index (χ4n) is 3.37. The Labute approximate surface area is 170 Å². The third kappa shape index (κ3) is 4.36. The van der Waals surface area contributed by atoms with E-state index in [1.165, 1.54) is 12.0 Å². The Bertz CT molecular complexity index is 734. The molecule has 142 valence electrons. The summed E-state index contributed by atoms with van der Waals surface area (Å²) in [6.45, 7) is 5.23. The van der Waals surface area contributed by atoms with Gasteiger partial charge in [0.05, 0.1) is 5.69 Å². The Kier molecular flexibility index (Phi) is 7.02. The van der Waals surface area contributed by atoms with Crippen LogP contribution in [-0.4, -0.2) is 24.7 Å². The van der Waals surface area contributed by atoms with Crippen molar-refractivity contribution in [2.75, 3.05) is 13.6 Å². The van der Waals surface area contributed by atoms with Gasteiger partial charge in [-0.25, -0.2) is 4.39 Å². The monoisotopic (exact) mass is 472 g/mol. The van der Waals surface area contributed by atoms with E-state index in [4.69, 9.17) is 4.52 Å². The van der Waals surface area contributed by atoms with Crippen molar-refractivity contribution in [1.82, 2.24) is 15.8 Å². The molecule has 1 heterocycles. The van der Waals surface area contributed by atoms with Crippen molar-refractivity contribution in [2.45, 2.75) is 45.1 Å². The highest BCUT2D eigenvalue weighted by Crippen LogP contribution is 2.43. The van der Waals surface area contributed by atoms with Gasteiger partial charge < -0.3 is 15.2 Å². The van der Waals surface area contributed by atoms with Crippen molar-refractivity contribution in [3.63, 3.8) is 0 Å². The van der Waals surface area contributed by atoms with Crippen molar-refractivity contribution in [3.05, 3.63) is 52.7 Å². The van der Waals surface area contributed by atoms with Gasteiger partial charge in [-0.05, 0) is 44.4 Å². The molecule has 2 N–H and O–H groups in total. The van der Waals surface area contributed by atoms with Gasteiger partial charge in [0, 0.05) is 31.1 Å². The summed E-state index contributed by atoms with van der Waals surface area (Å²) < 4.78 is 18.4. The number of hydrogen-bond donors (Lipinski definition) is 2. The van der Waals surface area contributed by atoms with Crippen LogP contribution in [0.1, 0.15) is 41.8 Å². The van der Waals surface area contributed by atoms with Crippen molar-refractivity contribution in [1.29, 1.82) is 0 Å². The van der Waals surface area contributed by atoms with Gasteiger partial charge in [-0.3, -0.25) is 4.99 Å². The zero-order chi connectivity index (χ0) is 17.9. The number of aliphatic imine (C=N–C) groups is 1. The highest BCUT2D eigenvalue weighted by molar-refractivity contribution is 14.0. The summed E-state index contributed by atoms with van der Waals surface area (Å²) >= 11 is 0. The number of nitrogens with zero attached hydrogens (tertiary/aromatic N) is 2. The number of halogens is 2. The van der Waals surface area contributed by atoms with Crippen LogP contribution < -0.4 is 10.6 Å². The Morgan fingerprint density at radius 1 is 1.23 bits per heavy atom. The molecule has 0 unspecified atom stereocenters. The molecule has 0 aliphatic heterocycles. The van der Waals surface area contributed by atoms with Crippen LogP contribution in [0, 0.1) is 19.7 Å². The smallest absolute Gasteiger partial charge is 0.191 e. The molecular weight excluding hydrogens is 446 g/mol. The summed E-state index contributed by atoms with van der Waals surface area (Å²) in [5.74, 6) is 1.37. The summed E-state index contributed by atoms with van der Waals surface area (Å²) in [5.41, 5.74) is 3.20. The second-order valence-electron chi connectivity index (χ2n) is 6.72. The Hall–Kier alpha value is -1.64. The molecule has 0 spiro atoms. The van der Waals surface area contributed by atoms with Gasteiger partial charge in [0.25, 0.3) is 0 Å². The van der Waals surface area contributed by atoms with Gasteiger partial charge in [-0.1, -0.05) is 23.7 Å². The van der Waals surface area contributed by atoms with Crippen molar-refractivity contribution in [2.24, 2.45) is 4.99 Å². The quantitative estimate of drug-likeness (QED) is 0.395. The number of aryl methyl sites for hydroxylation is 2. The van der Waals surface area contributed by atoms with Gasteiger partial charge in [0.2, 0.25) is 0 Å². The maximum absolute atomic E-state index is 13.2. The Morgan fingerprint density at radius 2 is 1.92 bits per heavy atom. The first-order valence-corrected chi connectivity index (χ1v) is 8.66. The van der Waals surface area contributed by atoms with Crippen LogP contribution in [0.2, 0.25) is 0 Å². The van der Waals surface area contributed by atoms with Crippen molar-refractivity contribution < 1.29 is 8.91 Å². The van der Waals surface area contributed by atoms with Crippen molar-refractivity contribution >= 4 is 29.9 Å². The van der Waals surface area contributed by atoms with Gasteiger partial charge in [-0.15, -0.1) is 24.0 Å². The fraction of sp³-hybridized carbons (Fsp3) is 0.474. The second-order valence-corrected chi connectivity index (χ2v) is 6.72. The van der Waals surface area contributed by atoms with Gasteiger partial charge in [0.15, 0.2) is 5.96 Å². The summed E-state index contributed by atoms with van der Waals surface area (Å²) in [6.07, 6.45) is 3.41. The van der Waals surface area contributed by atoms with Crippen LogP contribution in [0.4, 0.5) is 4.39 Å². The predicted octanol–water partition coefficient (Wildman–Crippen LogP) is 3.84. The molecule has 3 rings (SSSR count). The van der Waals surface area contributed by atoms with Crippen molar-refractivity contribution in [3.8, 4) is 0 Å². The lowest BCUT2D eigenvalue weighted by Crippen LogP contribution is -2.48. The van der Waals surface area contributed by atoms with E-state index in [1.807, 2.05) is 26.0 Å². The maximum atomic E-state index is 13.2. The van der Waals surface area contributed by atoms with E-state index in [2.05, 4.69) is 20.8 Å². The molecule has 1 aliphatic carbocycles. The van der Waals surface area contributed by atoms with Crippen LogP contribution in [0.5, 0.6) is 0 Å². The summed E-state index contributed by atoms with van der Waals surface area (Å²) in [4.78, 5) is 4.30. The number of hydrogen-bond acceptors (Lipinski definition) is 3. The summed E-state index contributed by atoms with van der Waals surface area (Å²) in [5, 5.41) is 10.7. The molecule has 1 saturated carbocycles. The highest BCUT2D eigenvalue weighted by atomic mass is 127. The van der Waals surface area contributed by atoms with Gasteiger partial charge >= 0.3 is 0 Å². The molecule has 0 atom stereocenters. The number of benzene rings is 1. The maximum Gasteiger partial charge on any atom is 0.191 e. The third-order valence-corrected chi connectivity index (χ3v) is 5.20. The van der Waals surface area contributed by atoms with Crippen LogP contribution >= 0.6 is 24.0 Å². The Balaban J connectivity index is 0.00000243. The number of rotatable bonds is 5. The largest absolute Gasteiger partial charge is 0.361 e. The minimum Gasteiger partial charge on any atom is -0.361 e. The standard InChI is InChI=1S/C19H25FN4O.HI/c1-13-17(14(2)25-24-13)11-22-18(21-3)23-12-19(9-4-10-19)15-5-7-16(20)8-6-15;/h5-8H,4,9-12H2,1-3H3,(H2,21,22,23);1H. The molecule has 1 aliphatic rings. The zero-order valence-electron chi connectivity index (χ0n) is 15.4. The molecule has 2 aromatic rings. The lowest BCUT2D eigenvalue weighted by atomic mass is 9.64. The lowest BCUT2D eigenvalue weighted by Gasteiger charge is -2.43. The SMILES string of the molecule is CN=C(NCc1c(C)noc1C)NCC1(c2ccc(F)cc2)CCC1.I. The first-order valence-electron chi connectivity index (χ1n) is 8.66. The van der Waals surface area contributed by atoms with Gasteiger partial charge in [0.1, 0.15) is 11.6 Å². The van der Waals surface area contributed by atoms with Crippen LogP contribution in [0.3, 0.4) is 0 Å². The van der Waals surface area contributed by atoms with Crippen LogP contribution in [-0.2, 0) is 12.0 Å². The first kappa shape index (κ1) is 20.7. The molecule has 26 heavy (non-hydrogen) atoms. The topological polar surface area (TPSA) is 62.5 Å². The van der Waals surface area contributed by atoms with E-state index in [9.17, 15) is 4.39 Å². The van der Waals surface area contributed by atoms with Gasteiger partial charge in [-0.2, -0.15) is 0 Å². The normalized spacial score (nSPS) is 15.8. The molecule has 1 fully saturated rings. The molecular formula is C19H26FIN4O. The van der Waals surface area contributed by atoms with E-state index in [1.54, 1.807) is 19.2 Å². The average molecular weight is 472 g/mol. The van der Waals surface area contributed by atoms with Crippen LogP contribution in [0.25, 0.3) is 0 Å². The lowest BCUT2D eigenvalue weighted by molar-refractivity contribution is 0.243. The molecule has 1 aromatic carbocycles. The Morgan fingerprint density at radius 3 is 2.42 bits per heavy atom. The first-order chi connectivity index (χ1) is 12.0. The van der Waals surface area contributed by atoms with E-state index >= 15 is 0 Å². The van der Waals surface area contributed by atoms with Crippen LogP contribution in [0.15, 0.2) is 33.8 Å². The predicted molar refractivity (Wildman–Crippen MR) is 112 cm³/mol.